The van der Waals surface area contributed by atoms with E-state index in [2.05, 4.69) is 5.32 Å². The van der Waals surface area contributed by atoms with Crippen molar-refractivity contribution in [3.05, 3.63) is 29.8 Å². The van der Waals surface area contributed by atoms with Crippen molar-refractivity contribution < 1.29 is 14.6 Å². The molecule has 0 fully saturated rings. The number of benzene rings is 1. The smallest absolute Gasteiger partial charge is 0.260 e. The third-order valence-corrected chi connectivity index (χ3v) is 2.24. The Balaban J connectivity index is 2.48. The molecule has 0 aliphatic carbocycles. The Hall–Kier alpha value is -1.55. The fourth-order valence-corrected chi connectivity index (χ4v) is 1.34. The minimum absolute atomic E-state index is 0.229. The van der Waals surface area contributed by atoms with Crippen LogP contribution in [-0.4, -0.2) is 29.8 Å². The molecule has 0 bridgehead atoms. The van der Waals surface area contributed by atoms with Gasteiger partial charge in [-0.25, -0.2) is 0 Å². The van der Waals surface area contributed by atoms with Crippen LogP contribution in [0.25, 0.3) is 0 Å². The molecule has 0 aliphatic heterocycles. The van der Waals surface area contributed by atoms with Gasteiger partial charge in [0, 0.05) is 6.54 Å². The van der Waals surface area contributed by atoms with E-state index in [4.69, 9.17) is 9.84 Å². The van der Waals surface area contributed by atoms with Gasteiger partial charge in [-0.1, -0.05) is 12.1 Å². The van der Waals surface area contributed by atoms with Gasteiger partial charge >= 0.3 is 0 Å². The fraction of sp³-hybridized carbons (Fsp3) is 0.462. The SMILES string of the molecule is Cc1cccc(OC(C)C(=O)NC[C@H](C)O)c1. The van der Waals surface area contributed by atoms with Crippen LogP contribution in [0.3, 0.4) is 0 Å². The van der Waals surface area contributed by atoms with Gasteiger partial charge in [0.2, 0.25) is 0 Å². The Morgan fingerprint density at radius 3 is 2.76 bits per heavy atom. The van der Waals surface area contributed by atoms with Crippen molar-refractivity contribution in [2.75, 3.05) is 6.54 Å². The highest BCUT2D eigenvalue weighted by molar-refractivity contribution is 5.80. The average Bonchev–Trinajstić information content (AvgIpc) is 2.25. The number of nitrogens with one attached hydrogen (secondary N) is 1. The van der Waals surface area contributed by atoms with E-state index in [0.717, 1.165) is 5.56 Å². The third-order valence-electron chi connectivity index (χ3n) is 2.24. The van der Waals surface area contributed by atoms with Crippen molar-refractivity contribution in [2.45, 2.75) is 33.0 Å². The molecule has 0 saturated heterocycles. The summed E-state index contributed by atoms with van der Waals surface area (Å²) in [7, 11) is 0. The Morgan fingerprint density at radius 2 is 2.18 bits per heavy atom. The topological polar surface area (TPSA) is 58.6 Å². The first-order chi connectivity index (χ1) is 7.99. The normalized spacial score (nSPS) is 13.9. The molecule has 0 radical (unpaired) electrons. The molecule has 2 atom stereocenters. The van der Waals surface area contributed by atoms with Gasteiger partial charge in [-0.2, -0.15) is 0 Å². The first-order valence-electron chi connectivity index (χ1n) is 5.68. The van der Waals surface area contributed by atoms with Crippen LogP contribution in [0.1, 0.15) is 19.4 Å². The quantitative estimate of drug-likeness (QED) is 0.810. The molecule has 0 aliphatic rings. The summed E-state index contributed by atoms with van der Waals surface area (Å²) in [6.45, 7) is 5.50. The lowest BCUT2D eigenvalue weighted by Gasteiger charge is -2.15. The number of ether oxygens (including phenoxy) is 1. The largest absolute Gasteiger partial charge is 0.481 e. The second-order valence-corrected chi connectivity index (χ2v) is 4.17. The van der Waals surface area contributed by atoms with Crippen LogP contribution in [0.2, 0.25) is 0 Å². The molecular weight excluding hydrogens is 218 g/mol. The minimum Gasteiger partial charge on any atom is -0.481 e. The maximum Gasteiger partial charge on any atom is 0.260 e. The number of aryl methyl sites for hydroxylation is 1. The van der Waals surface area contributed by atoms with Crippen LogP contribution in [0.4, 0.5) is 0 Å². The Kier molecular flexibility index (Phi) is 4.97. The van der Waals surface area contributed by atoms with Gasteiger partial charge in [-0.15, -0.1) is 0 Å². The van der Waals surface area contributed by atoms with Crippen LogP contribution in [0, 0.1) is 6.92 Å². The number of amides is 1. The van der Waals surface area contributed by atoms with Crippen molar-refractivity contribution in [3.8, 4) is 5.75 Å². The zero-order valence-electron chi connectivity index (χ0n) is 10.4. The van der Waals surface area contributed by atoms with Gasteiger partial charge in [0.25, 0.3) is 5.91 Å². The molecule has 1 aromatic rings. The van der Waals surface area contributed by atoms with Gasteiger partial charge < -0.3 is 15.2 Å². The number of rotatable bonds is 5. The summed E-state index contributed by atoms with van der Waals surface area (Å²) < 4.78 is 5.50. The highest BCUT2D eigenvalue weighted by atomic mass is 16.5. The molecule has 2 N–H and O–H groups in total. The molecule has 1 rings (SSSR count). The van der Waals surface area contributed by atoms with E-state index in [9.17, 15) is 4.79 Å². The lowest BCUT2D eigenvalue weighted by molar-refractivity contribution is -0.127. The molecule has 1 aromatic carbocycles. The van der Waals surface area contributed by atoms with Gasteiger partial charge in [0.1, 0.15) is 5.75 Å². The van der Waals surface area contributed by atoms with Crippen molar-refractivity contribution >= 4 is 5.91 Å². The van der Waals surface area contributed by atoms with Crippen molar-refractivity contribution in [2.24, 2.45) is 0 Å². The summed E-state index contributed by atoms with van der Waals surface area (Å²) >= 11 is 0. The number of hydrogen-bond donors (Lipinski definition) is 2. The second-order valence-electron chi connectivity index (χ2n) is 4.17. The second kappa shape index (κ2) is 6.25. The van der Waals surface area contributed by atoms with E-state index in [0.29, 0.717) is 5.75 Å². The first kappa shape index (κ1) is 13.5. The number of aliphatic hydroxyl groups is 1. The molecular formula is C13H19NO3. The minimum atomic E-state index is -0.574. The van der Waals surface area contributed by atoms with E-state index in [1.807, 2.05) is 31.2 Å². The maximum atomic E-state index is 11.6. The zero-order chi connectivity index (χ0) is 12.8. The number of hydrogen-bond acceptors (Lipinski definition) is 3. The lowest BCUT2D eigenvalue weighted by atomic mass is 10.2. The van der Waals surface area contributed by atoms with Crippen molar-refractivity contribution in [1.29, 1.82) is 0 Å². The summed E-state index contributed by atoms with van der Waals surface area (Å²) in [5.41, 5.74) is 1.08. The molecule has 94 valence electrons. The average molecular weight is 237 g/mol. The van der Waals surface area contributed by atoms with E-state index in [-0.39, 0.29) is 12.5 Å². The van der Waals surface area contributed by atoms with E-state index in [1.54, 1.807) is 13.8 Å². The molecule has 0 aromatic heterocycles. The standard InChI is InChI=1S/C13H19NO3/c1-9-5-4-6-12(7-9)17-11(3)13(16)14-8-10(2)15/h4-7,10-11,15H,8H2,1-3H3,(H,14,16)/t10-,11?/m0/s1. The van der Waals surface area contributed by atoms with E-state index >= 15 is 0 Å². The molecule has 17 heavy (non-hydrogen) atoms. The molecule has 1 amide bonds. The van der Waals surface area contributed by atoms with Crippen molar-refractivity contribution in [3.63, 3.8) is 0 Å². The monoisotopic (exact) mass is 237 g/mol. The van der Waals surface area contributed by atoms with E-state index < -0.39 is 12.2 Å². The van der Waals surface area contributed by atoms with Crippen LogP contribution in [0.15, 0.2) is 24.3 Å². The van der Waals surface area contributed by atoms with Crippen LogP contribution >= 0.6 is 0 Å². The fourth-order valence-electron chi connectivity index (χ4n) is 1.34. The van der Waals surface area contributed by atoms with Crippen molar-refractivity contribution in [1.82, 2.24) is 5.32 Å². The summed E-state index contributed by atoms with van der Waals surface area (Å²) in [5, 5.41) is 11.7. The summed E-state index contributed by atoms with van der Waals surface area (Å²) in [6.07, 6.45) is -1.12. The summed E-state index contributed by atoms with van der Waals surface area (Å²) in [6, 6.07) is 7.53. The van der Waals surface area contributed by atoms with Crippen LogP contribution in [0.5, 0.6) is 5.75 Å². The molecule has 4 nitrogen and oxygen atoms in total. The maximum absolute atomic E-state index is 11.6. The lowest BCUT2D eigenvalue weighted by Crippen LogP contribution is -2.39. The highest BCUT2D eigenvalue weighted by Crippen LogP contribution is 2.14. The Labute approximate surface area is 102 Å². The molecule has 1 unspecified atom stereocenters. The number of aliphatic hydroxyl groups excluding tert-OH is 1. The Bertz CT molecular complexity index is 377. The predicted molar refractivity (Wildman–Crippen MR) is 66.0 cm³/mol. The van der Waals surface area contributed by atoms with Gasteiger partial charge in [0.05, 0.1) is 6.10 Å². The van der Waals surface area contributed by atoms with Gasteiger partial charge in [0.15, 0.2) is 6.10 Å². The molecule has 0 saturated carbocycles. The predicted octanol–water partition coefficient (Wildman–Crippen LogP) is 1.26. The first-order valence-corrected chi connectivity index (χ1v) is 5.68. The van der Waals surface area contributed by atoms with E-state index in [1.165, 1.54) is 0 Å². The molecule has 4 heteroatoms. The summed E-state index contributed by atoms with van der Waals surface area (Å²) in [5.74, 6) is 0.442. The van der Waals surface area contributed by atoms with Gasteiger partial charge in [-0.05, 0) is 38.5 Å². The van der Waals surface area contributed by atoms with Crippen LogP contribution < -0.4 is 10.1 Å². The van der Waals surface area contributed by atoms with Crippen LogP contribution in [-0.2, 0) is 4.79 Å². The summed E-state index contributed by atoms with van der Waals surface area (Å²) in [4.78, 5) is 11.6. The zero-order valence-corrected chi connectivity index (χ0v) is 10.4. The molecule has 0 spiro atoms. The Morgan fingerprint density at radius 1 is 1.47 bits per heavy atom. The third kappa shape index (κ3) is 4.87. The molecule has 0 heterocycles. The van der Waals surface area contributed by atoms with Gasteiger partial charge in [-0.3, -0.25) is 4.79 Å². The highest BCUT2D eigenvalue weighted by Gasteiger charge is 2.14. The number of carbonyl (C=O) groups is 1. The number of carbonyl (C=O) groups excluding carboxylic acids is 1.